The smallest absolute Gasteiger partial charge is 0.260 e. The second kappa shape index (κ2) is 7.84. The van der Waals surface area contributed by atoms with Crippen LogP contribution in [0.5, 0.6) is 5.75 Å². The van der Waals surface area contributed by atoms with Crippen molar-refractivity contribution in [1.82, 2.24) is 29.3 Å². The van der Waals surface area contributed by atoms with Gasteiger partial charge in [0.05, 0.1) is 24.7 Å². The normalized spacial score (nSPS) is 14.8. The van der Waals surface area contributed by atoms with Gasteiger partial charge in [-0.15, -0.1) is 10.2 Å². The molecule has 33 heavy (non-hydrogen) atoms. The van der Waals surface area contributed by atoms with Crippen molar-refractivity contribution >= 4 is 11.7 Å². The van der Waals surface area contributed by atoms with Crippen LogP contribution in [0.3, 0.4) is 0 Å². The van der Waals surface area contributed by atoms with E-state index in [1.165, 1.54) is 12.8 Å². The molecule has 1 N–H and O–H groups in total. The summed E-state index contributed by atoms with van der Waals surface area (Å²) in [5, 5.41) is 11.4. The predicted molar refractivity (Wildman–Crippen MR) is 122 cm³/mol. The summed E-state index contributed by atoms with van der Waals surface area (Å²) in [6.07, 6.45) is 8.19. The van der Waals surface area contributed by atoms with Gasteiger partial charge in [-0.05, 0) is 49.6 Å². The molecule has 1 fully saturated rings. The molecule has 2 aliphatic rings. The number of ether oxygens (including phenoxy) is 1. The maximum atomic E-state index is 13.2. The molecule has 0 radical (unpaired) electrons. The van der Waals surface area contributed by atoms with E-state index in [0.717, 1.165) is 42.4 Å². The number of nitrogens with one attached hydrogen (secondary N) is 1. The lowest BCUT2D eigenvalue weighted by Gasteiger charge is -2.12. The molecule has 6 rings (SSSR count). The number of hydrogen-bond donors (Lipinski definition) is 1. The lowest BCUT2D eigenvalue weighted by molar-refractivity contribution is 0.102. The molecule has 0 bridgehead atoms. The van der Waals surface area contributed by atoms with E-state index in [1.54, 1.807) is 25.6 Å². The highest BCUT2D eigenvalue weighted by molar-refractivity contribution is 6.06. The van der Waals surface area contributed by atoms with E-state index >= 15 is 0 Å². The average molecular weight is 441 g/mol. The van der Waals surface area contributed by atoms with E-state index in [2.05, 4.69) is 30.0 Å². The molecule has 166 valence electrons. The fraction of sp³-hybridized carbons (Fsp3) is 0.292. The van der Waals surface area contributed by atoms with Crippen LogP contribution in [0.2, 0.25) is 0 Å². The summed E-state index contributed by atoms with van der Waals surface area (Å²) in [5.41, 5.74) is 3.05. The predicted octanol–water partition coefficient (Wildman–Crippen LogP) is 3.61. The summed E-state index contributed by atoms with van der Waals surface area (Å²) < 4.78 is 9.48. The maximum absolute atomic E-state index is 13.2. The summed E-state index contributed by atoms with van der Waals surface area (Å²) in [5.74, 6) is 2.91. The molecular formula is C24H23N7O2. The molecule has 9 nitrogen and oxygen atoms in total. The SMILES string of the molecule is COc1ccc(-n2cnc(C3CC3)c2)cc1C(=O)Nc1cccc(-c2nnc3n2CCC3)n1. The third-order valence-corrected chi connectivity index (χ3v) is 6.15. The number of pyridine rings is 1. The Kier molecular flexibility index (Phi) is 4.67. The minimum Gasteiger partial charge on any atom is -0.496 e. The maximum Gasteiger partial charge on any atom is 0.260 e. The van der Waals surface area contributed by atoms with E-state index in [1.807, 2.05) is 35.0 Å². The third kappa shape index (κ3) is 3.65. The summed E-state index contributed by atoms with van der Waals surface area (Å²) in [6.45, 7) is 0.886. The molecule has 0 atom stereocenters. The topological polar surface area (TPSA) is 99.8 Å². The van der Waals surface area contributed by atoms with Gasteiger partial charge in [0.15, 0.2) is 5.82 Å². The zero-order valence-electron chi connectivity index (χ0n) is 18.2. The Labute approximate surface area is 190 Å². The number of nitrogens with zero attached hydrogens (tertiary/aromatic N) is 6. The summed E-state index contributed by atoms with van der Waals surface area (Å²) in [7, 11) is 1.55. The summed E-state index contributed by atoms with van der Waals surface area (Å²) in [4.78, 5) is 22.3. The number of rotatable bonds is 6. The molecule has 9 heteroatoms. The Morgan fingerprint density at radius 2 is 2.09 bits per heavy atom. The van der Waals surface area contributed by atoms with Crippen molar-refractivity contribution in [3.8, 4) is 23.0 Å². The van der Waals surface area contributed by atoms with Gasteiger partial charge in [0.1, 0.15) is 23.1 Å². The molecule has 3 aromatic heterocycles. The van der Waals surface area contributed by atoms with Crippen LogP contribution in [-0.2, 0) is 13.0 Å². The van der Waals surface area contributed by atoms with Gasteiger partial charge in [0, 0.05) is 30.8 Å². The Hall–Kier alpha value is -4.01. The van der Waals surface area contributed by atoms with Crippen LogP contribution in [0, 0.1) is 0 Å². The van der Waals surface area contributed by atoms with Gasteiger partial charge < -0.3 is 19.2 Å². The number of carbonyl (C=O) groups excluding carboxylic acids is 1. The van der Waals surface area contributed by atoms with Crippen LogP contribution in [0.1, 0.15) is 47.1 Å². The molecule has 0 saturated heterocycles. The lowest BCUT2D eigenvalue weighted by atomic mass is 10.1. The van der Waals surface area contributed by atoms with Gasteiger partial charge in [-0.25, -0.2) is 9.97 Å². The van der Waals surface area contributed by atoms with Crippen LogP contribution in [0.4, 0.5) is 5.82 Å². The number of hydrogen-bond acceptors (Lipinski definition) is 6. The molecule has 0 unspecified atom stereocenters. The number of fused-ring (bicyclic) bond motifs is 1. The Bertz CT molecular complexity index is 1350. The zero-order valence-corrected chi connectivity index (χ0v) is 18.2. The van der Waals surface area contributed by atoms with Crippen LogP contribution in [0.15, 0.2) is 48.9 Å². The average Bonchev–Trinajstić information content (AvgIpc) is 3.22. The minimum absolute atomic E-state index is 0.299. The monoisotopic (exact) mass is 441 g/mol. The Balaban J connectivity index is 1.27. The minimum atomic E-state index is -0.299. The van der Waals surface area contributed by atoms with Gasteiger partial charge in [0.2, 0.25) is 0 Å². The highest BCUT2D eigenvalue weighted by Crippen LogP contribution is 2.39. The second-order valence-electron chi connectivity index (χ2n) is 8.42. The number of benzene rings is 1. The third-order valence-electron chi connectivity index (χ3n) is 6.15. The summed E-state index contributed by atoms with van der Waals surface area (Å²) >= 11 is 0. The van der Waals surface area contributed by atoms with Crippen molar-refractivity contribution in [3.63, 3.8) is 0 Å². The standard InChI is InChI=1S/C24H23N7O2/c1-33-20-10-9-16(30-13-19(25-14-30)15-7-8-15)12-17(20)24(32)27-21-5-2-4-18(26-21)23-29-28-22-6-3-11-31(22)23/h2,4-5,9-10,12-15H,3,6-8,11H2,1H3,(H,26,27,32). The van der Waals surface area contributed by atoms with Crippen molar-refractivity contribution in [2.24, 2.45) is 0 Å². The number of aromatic nitrogens is 6. The molecule has 1 aromatic carbocycles. The van der Waals surface area contributed by atoms with Gasteiger partial charge >= 0.3 is 0 Å². The molecular weight excluding hydrogens is 418 g/mol. The molecule has 1 amide bonds. The molecule has 1 aliphatic heterocycles. The van der Waals surface area contributed by atoms with Gasteiger partial charge in [-0.2, -0.15) is 0 Å². The van der Waals surface area contributed by atoms with E-state index < -0.39 is 0 Å². The van der Waals surface area contributed by atoms with Crippen LogP contribution >= 0.6 is 0 Å². The molecule has 0 spiro atoms. The van der Waals surface area contributed by atoms with Crippen LogP contribution in [-0.4, -0.2) is 42.3 Å². The molecule has 1 aliphatic carbocycles. The van der Waals surface area contributed by atoms with Crippen molar-refractivity contribution in [2.75, 3.05) is 12.4 Å². The van der Waals surface area contributed by atoms with Crippen molar-refractivity contribution in [3.05, 3.63) is 66.0 Å². The fourth-order valence-corrected chi connectivity index (χ4v) is 4.26. The summed E-state index contributed by atoms with van der Waals surface area (Å²) in [6, 6.07) is 11.0. The molecule has 4 heterocycles. The molecule has 4 aromatic rings. The number of aryl methyl sites for hydroxylation is 1. The van der Waals surface area contributed by atoms with Crippen molar-refractivity contribution < 1.29 is 9.53 Å². The molecule has 1 saturated carbocycles. The Morgan fingerprint density at radius 3 is 2.94 bits per heavy atom. The zero-order chi connectivity index (χ0) is 22.4. The first kappa shape index (κ1) is 19.7. The Morgan fingerprint density at radius 1 is 1.18 bits per heavy atom. The van der Waals surface area contributed by atoms with Gasteiger partial charge in [-0.1, -0.05) is 6.07 Å². The number of amides is 1. The highest BCUT2D eigenvalue weighted by atomic mass is 16.5. The number of methoxy groups -OCH3 is 1. The van der Waals surface area contributed by atoms with E-state index in [9.17, 15) is 4.79 Å². The quantitative estimate of drug-likeness (QED) is 0.491. The lowest BCUT2D eigenvalue weighted by Crippen LogP contribution is -2.15. The van der Waals surface area contributed by atoms with Gasteiger partial charge in [-0.3, -0.25) is 4.79 Å². The van der Waals surface area contributed by atoms with Gasteiger partial charge in [0.25, 0.3) is 5.91 Å². The highest BCUT2D eigenvalue weighted by Gasteiger charge is 2.26. The van der Waals surface area contributed by atoms with E-state index in [0.29, 0.717) is 28.7 Å². The fourth-order valence-electron chi connectivity index (χ4n) is 4.26. The van der Waals surface area contributed by atoms with Crippen molar-refractivity contribution in [1.29, 1.82) is 0 Å². The van der Waals surface area contributed by atoms with E-state index in [4.69, 9.17) is 4.74 Å². The number of anilines is 1. The largest absolute Gasteiger partial charge is 0.496 e. The first-order valence-electron chi connectivity index (χ1n) is 11.1. The van der Waals surface area contributed by atoms with Crippen LogP contribution in [0.25, 0.3) is 17.2 Å². The second-order valence-corrected chi connectivity index (χ2v) is 8.42. The number of carbonyl (C=O) groups is 1. The number of imidazole rings is 1. The van der Waals surface area contributed by atoms with E-state index in [-0.39, 0.29) is 5.91 Å². The van der Waals surface area contributed by atoms with Crippen LogP contribution < -0.4 is 10.1 Å². The van der Waals surface area contributed by atoms with Crippen molar-refractivity contribution in [2.45, 2.75) is 38.1 Å². The first-order valence-corrected chi connectivity index (χ1v) is 11.1. The first-order chi connectivity index (χ1) is 16.2.